The summed E-state index contributed by atoms with van der Waals surface area (Å²) in [4.78, 5) is 22.1. The Labute approximate surface area is 163 Å². The number of aliphatic hydroxyl groups excluding tert-OH is 1. The van der Waals surface area contributed by atoms with Gasteiger partial charge in [0.25, 0.3) is 5.69 Å². The minimum Gasteiger partial charge on any atom is -0.388 e. The highest BCUT2D eigenvalue weighted by Gasteiger charge is 2.15. The van der Waals surface area contributed by atoms with Gasteiger partial charge in [0, 0.05) is 18.2 Å². The third kappa shape index (κ3) is 4.79. The fourth-order valence-corrected chi connectivity index (χ4v) is 3.28. The number of fused-ring (bicyclic) bond motifs is 1. The average molecular weight is 378 g/mol. The Hall–Kier alpha value is -3.09. The molecule has 0 aromatic heterocycles. The minimum absolute atomic E-state index is 0.0107. The van der Waals surface area contributed by atoms with Gasteiger partial charge in [-0.1, -0.05) is 48.6 Å². The second-order valence-electron chi connectivity index (χ2n) is 6.62. The molecule has 0 atom stereocenters. The Morgan fingerprint density at radius 2 is 2.07 bits per heavy atom. The molecular weight excluding hydrogens is 356 g/mol. The van der Waals surface area contributed by atoms with Crippen molar-refractivity contribution in [3.63, 3.8) is 0 Å². The lowest BCUT2D eigenvalue weighted by molar-refractivity contribution is -0.385. The van der Waals surface area contributed by atoms with Crippen molar-refractivity contribution in [3.8, 4) is 0 Å². The van der Waals surface area contributed by atoms with Crippen molar-refractivity contribution in [2.75, 3.05) is 13.2 Å². The lowest BCUT2D eigenvalue weighted by Gasteiger charge is -2.08. The predicted molar refractivity (Wildman–Crippen MR) is 109 cm³/mol. The molecule has 0 saturated carbocycles. The molecule has 0 saturated heterocycles. The fraction of sp³-hybridized carbons (Fsp3) is 0.227. The van der Waals surface area contributed by atoms with E-state index in [1.54, 1.807) is 12.1 Å². The smallest absolute Gasteiger partial charge is 0.274 e. The molecule has 6 nitrogen and oxygen atoms in total. The zero-order chi connectivity index (χ0) is 19.9. The number of rotatable bonds is 9. The first-order valence-electron chi connectivity index (χ1n) is 9.15. The molecule has 3 rings (SSSR count). The van der Waals surface area contributed by atoms with Gasteiger partial charge >= 0.3 is 0 Å². The summed E-state index contributed by atoms with van der Waals surface area (Å²) in [5.41, 5.74) is 5.10. The van der Waals surface area contributed by atoms with Crippen molar-refractivity contribution < 1.29 is 14.8 Å². The van der Waals surface area contributed by atoms with E-state index in [9.17, 15) is 14.9 Å². The van der Waals surface area contributed by atoms with Crippen LogP contribution in [0.5, 0.6) is 0 Å². The molecule has 144 valence electrons. The standard InChI is InChI=1S/C22H22N2O4/c25-15-20(26)10-6-16-5-7-19(22(13-16)24(27)28)14-23-12-11-18-9-8-17-3-1-2-4-21(17)18/h1-7,9-10,13,23,25H,8,11-12,14-15H2/b10-6+. The van der Waals surface area contributed by atoms with E-state index >= 15 is 0 Å². The van der Waals surface area contributed by atoms with E-state index in [4.69, 9.17) is 5.11 Å². The second kappa shape index (κ2) is 9.21. The van der Waals surface area contributed by atoms with E-state index < -0.39 is 17.3 Å². The Morgan fingerprint density at radius 1 is 1.25 bits per heavy atom. The second-order valence-corrected chi connectivity index (χ2v) is 6.62. The number of nitrogens with zero attached hydrogens (tertiary/aromatic N) is 1. The van der Waals surface area contributed by atoms with Gasteiger partial charge in [-0.15, -0.1) is 0 Å². The molecule has 0 unspecified atom stereocenters. The van der Waals surface area contributed by atoms with E-state index in [-0.39, 0.29) is 5.69 Å². The molecule has 0 heterocycles. The first-order valence-corrected chi connectivity index (χ1v) is 9.15. The summed E-state index contributed by atoms with van der Waals surface area (Å²) in [5.74, 6) is -0.448. The number of nitro groups is 1. The van der Waals surface area contributed by atoms with Gasteiger partial charge in [-0.05, 0) is 47.7 Å². The topological polar surface area (TPSA) is 92.5 Å². The summed E-state index contributed by atoms with van der Waals surface area (Å²) in [7, 11) is 0. The van der Waals surface area contributed by atoms with E-state index in [0.717, 1.165) is 19.4 Å². The summed E-state index contributed by atoms with van der Waals surface area (Å²) in [6, 6.07) is 13.2. The van der Waals surface area contributed by atoms with Crippen LogP contribution in [-0.4, -0.2) is 29.0 Å². The SMILES string of the molecule is O=C(/C=C/c1ccc(CNCCC2=CCc3ccccc32)c([N+](=O)[O-])c1)CO. The summed E-state index contributed by atoms with van der Waals surface area (Å²) in [6.45, 7) is 0.538. The van der Waals surface area contributed by atoms with E-state index in [0.29, 0.717) is 17.7 Å². The Kier molecular flexibility index (Phi) is 6.47. The molecule has 1 aliphatic carbocycles. The number of carbonyl (C=O) groups excluding carboxylic acids is 1. The maximum absolute atomic E-state index is 11.4. The third-order valence-corrected chi connectivity index (χ3v) is 4.74. The van der Waals surface area contributed by atoms with Crippen molar-refractivity contribution in [3.05, 3.63) is 87.0 Å². The molecule has 6 heteroatoms. The van der Waals surface area contributed by atoms with Crippen LogP contribution in [0.25, 0.3) is 11.6 Å². The maximum atomic E-state index is 11.4. The number of benzene rings is 2. The number of carbonyl (C=O) groups is 1. The number of hydrogen-bond donors (Lipinski definition) is 2. The van der Waals surface area contributed by atoms with Crippen LogP contribution in [0.15, 0.2) is 54.6 Å². The van der Waals surface area contributed by atoms with Crippen molar-refractivity contribution in [2.24, 2.45) is 0 Å². The molecule has 28 heavy (non-hydrogen) atoms. The van der Waals surface area contributed by atoms with Crippen molar-refractivity contribution in [1.29, 1.82) is 0 Å². The van der Waals surface area contributed by atoms with Gasteiger partial charge in [0.2, 0.25) is 0 Å². The molecule has 0 spiro atoms. The molecule has 0 radical (unpaired) electrons. The van der Waals surface area contributed by atoms with E-state index in [2.05, 4.69) is 23.5 Å². The van der Waals surface area contributed by atoms with Gasteiger partial charge in [-0.25, -0.2) is 0 Å². The van der Waals surface area contributed by atoms with Gasteiger partial charge in [0.15, 0.2) is 5.78 Å². The van der Waals surface area contributed by atoms with Crippen LogP contribution in [0.4, 0.5) is 5.69 Å². The average Bonchev–Trinajstić information content (AvgIpc) is 3.12. The quantitative estimate of drug-likeness (QED) is 0.302. The highest BCUT2D eigenvalue weighted by molar-refractivity contribution is 5.94. The Balaban J connectivity index is 1.59. The first kappa shape index (κ1) is 19.7. The molecule has 1 aliphatic rings. The third-order valence-electron chi connectivity index (χ3n) is 4.74. The molecule has 2 aromatic carbocycles. The van der Waals surface area contributed by atoms with Crippen LogP contribution < -0.4 is 5.32 Å². The van der Waals surface area contributed by atoms with Crippen molar-refractivity contribution in [1.82, 2.24) is 5.32 Å². The fourth-order valence-electron chi connectivity index (χ4n) is 3.28. The Bertz CT molecular complexity index is 947. The lowest BCUT2D eigenvalue weighted by Crippen LogP contribution is -2.16. The molecule has 0 aliphatic heterocycles. The highest BCUT2D eigenvalue weighted by Crippen LogP contribution is 2.29. The summed E-state index contributed by atoms with van der Waals surface area (Å²) >= 11 is 0. The minimum atomic E-state index is -0.582. The van der Waals surface area contributed by atoms with Gasteiger partial charge in [0.05, 0.1) is 4.92 Å². The van der Waals surface area contributed by atoms with Gasteiger partial charge < -0.3 is 10.4 Å². The van der Waals surface area contributed by atoms with Gasteiger partial charge in [-0.3, -0.25) is 14.9 Å². The normalized spacial score (nSPS) is 12.8. The monoisotopic (exact) mass is 378 g/mol. The van der Waals surface area contributed by atoms with E-state index in [1.165, 1.54) is 34.9 Å². The van der Waals surface area contributed by atoms with Crippen molar-refractivity contribution >= 4 is 23.1 Å². The van der Waals surface area contributed by atoms with Crippen molar-refractivity contribution in [2.45, 2.75) is 19.4 Å². The Morgan fingerprint density at radius 3 is 2.86 bits per heavy atom. The summed E-state index contributed by atoms with van der Waals surface area (Å²) in [5, 5.41) is 23.4. The zero-order valence-electron chi connectivity index (χ0n) is 15.4. The number of ketones is 1. The summed E-state index contributed by atoms with van der Waals surface area (Å²) < 4.78 is 0. The van der Waals surface area contributed by atoms with Crippen LogP contribution in [0.3, 0.4) is 0 Å². The van der Waals surface area contributed by atoms with Crippen LogP contribution in [0.2, 0.25) is 0 Å². The van der Waals surface area contributed by atoms with Crippen LogP contribution in [0, 0.1) is 10.1 Å². The zero-order valence-corrected chi connectivity index (χ0v) is 15.4. The molecule has 2 N–H and O–H groups in total. The molecule has 0 fully saturated rings. The number of hydrogen-bond acceptors (Lipinski definition) is 5. The molecular formula is C22H22N2O4. The largest absolute Gasteiger partial charge is 0.388 e. The number of allylic oxidation sites excluding steroid dienone is 1. The molecule has 2 aromatic rings. The number of aliphatic hydroxyl groups is 1. The van der Waals surface area contributed by atoms with Gasteiger partial charge in [0.1, 0.15) is 6.61 Å². The number of nitrogens with one attached hydrogen (secondary N) is 1. The number of nitro benzene ring substituents is 1. The first-order chi connectivity index (χ1) is 13.6. The van der Waals surface area contributed by atoms with Gasteiger partial charge in [-0.2, -0.15) is 0 Å². The van der Waals surface area contributed by atoms with Crippen LogP contribution >= 0.6 is 0 Å². The molecule has 0 bridgehead atoms. The van der Waals surface area contributed by atoms with Crippen LogP contribution in [-0.2, 0) is 17.8 Å². The predicted octanol–water partition coefficient (Wildman–Crippen LogP) is 3.29. The summed E-state index contributed by atoms with van der Waals surface area (Å²) in [6.07, 6.45) is 6.75. The molecule has 0 amide bonds. The highest BCUT2D eigenvalue weighted by atomic mass is 16.6. The van der Waals surface area contributed by atoms with Crippen LogP contribution in [0.1, 0.15) is 28.7 Å². The van der Waals surface area contributed by atoms with E-state index in [1.807, 2.05) is 12.1 Å². The maximum Gasteiger partial charge on any atom is 0.274 e. The lowest BCUT2D eigenvalue weighted by atomic mass is 10.0.